The van der Waals surface area contributed by atoms with Crippen LogP contribution in [0.25, 0.3) is 0 Å². The number of hydrogen-bond acceptors (Lipinski definition) is 9. The van der Waals surface area contributed by atoms with Gasteiger partial charge < -0.3 is 25.3 Å². The van der Waals surface area contributed by atoms with E-state index in [1.54, 1.807) is 38.1 Å². The number of anilines is 1. The van der Waals surface area contributed by atoms with E-state index in [0.29, 0.717) is 11.1 Å². The van der Waals surface area contributed by atoms with Crippen LogP contribution in [0, 0.1) is 0 Å². The van der Waals surface area contributed by atoms with E-state index in [4.69, 9.17) is 19.9 Å². The topological polar surface area (TPSA) is 163 Å². The maximum atomic E-state index is 12.7. The van der Waals surface area contributed by atoms with Crippen molar-refractivity contribution in [3.8, 4) is 5.88 Å². The van der Waals surface area contributed by atoms with Crippen LogP contribution in [-0.4, -0.2) is 53.7 Å². The third kappa shape index (κ3) is 5.68. The minimum Gasteiger partial charge on any atom is -0.476 e. The highest BCUT2D eigenvalue weighted by molar-refractivity contribution is 5.97. The molecule has 0 fully saturated rings. The van der Waals surface area contributed by atoms with E-state index in [1.165, 1.54) is 0 Å². The number of nitrogens with one attached hydrogen (secondary N) is 2. The van der Waals surface area contributed by atoms with Gasteiger partial charge in [-0.3, -0.25) is 19.4 Å². The Kier molecular flexibility index (Phi) is 7.65. The van der Waals surface area contributed by atoms with Gasteiger partial charge >= 0.3 is 11.9 Å². The number of ether oxygens (including phenoxy) is 3. The van der Waals surface area contributed by atoms with Gasteiger partial charge in [0.05, 0.1) is 24.7 Å². The highest BCUT2D eigenvalue weighted by Gasteiger charge is 2.31. The van der Waals surface area contributed by atoms with Gasteiger partial charge in [-0.1, -0.05) is 12.1 Å². The molecule has 1 aromatic carbocycles. The second-order valence-electron chi connectivity index (χ2n) is 7.28. The number of carbonyl (C=O) groups excluding carboxylic acids is 3. The Labute approximate surface area is 189 Å². The zero-order valence-corrected chi connectivity index (χ0v) is 18.4. The van der Waals surface area contributed by atoms with E-state index in [1.807, 2.05) is 0 Å². The molecular formula is C22H26N4O7. The van der Waals surface area contributed by atoms with Crippen LogP contribution in [0.1, 0.15) is 54.1 Å². The molecule has 33 heavy (non-hydrogen) atoms. The van der Waals surface area contributed by atoms with Crippen LogP contribution < -0.4 is 21.3 Å². The molecule has 4 N–H and O–H groups in total. The molecule has 1 aromatic heterocycles. The number of H-pyrrole nitrogens is 1. The van der Waals surface area contributed by atoms with E-state index in [0.717, 1.165) is 5.56 Å². The highest BCUT2D eigenvalue weighted by atomic mass is 16.5. The van der Waals surface area contributed by atoms with E-state index >= 15 is 0 Å². The van der Waals surface area contributed by atoms with Crippen molar-refractivity contribution >= 4 is 23.8 Å². The zero-order valence-electron chi connectivity index (χ0n) is 18.4. The van der Waals surface area contributed by atoms with Crippen molar-refractivity contribution in [3.63, 3.8) is 0 Å². The van der Waals surface area contributed by atoms with Gasteiger partial charge in [-0.05, 0) is 38.0 Å². The lowest BCUT2D eigenvalue weighted by molar-refractivity contribution is -0.146. The first-order valence-corrected chi connectivity index (χ1v) is 10.6. The fourth-order valence-electron chi connectivity index (χ4n) is 3.50. The molecule has 0 saturated carbocycles. The maximum absolute atomic E-state index is 12.7. The van der Waals surface area contributed by atoms with Crippen LogP contribution in [0.4, 0.5) is 5.95 Å². The Morgan fingerprint density at radius 1 is 1.21 bits per heavy atom. The summed E-state index contributed by atoms with van der Waals surface area (Å²) in [6, 6.07) is 5.56. The molecule has 11 nitrogen and oxygen atoms in total. The molecule has 1 aliphatic rings. The van der Waals surface area contributed by atoms with Gasteiger partial charge in [0.2, 0.25) is 11.8 Å². The number of hydrogen-bond donors (Lipinski definition) is 3. The predicted octanol–water partition coefficient (Wildman–Crippen LogP) is 0.881. The summed E-state index contributed by atoms with van der Waals surface area (Å²) < 4.78 is 15.4. The zero-order chi connectivity index (χ0) is 24.0. The van der Waals surface area contributed by atoms with Crippen molar-refractivity contribution < 1.29 is 28.6 Å². The molecule has 0 aliphatic carbocycles. The standard InChI is InChI=1S/C22H26N4O7/c1-3-31-16(27)10-9-15(21(30)32-4-2)24-18(28)13-7-5-12(6-8-13)14-11-33-20-17(14)19(29)25-22(23)26-20/h5-8,14-15H,3-4,9-11H2,1-2H3,(H,24,28)(H3,23,25,26,29)/t14?,15-/m0/s1. The number of amides is 1. The van der Waals surface area contributed by atoms with Crippen molar-refractivity contribution in [1.29, 1.82) is 0 Å². The predicted molar refractivity (Wildman–Crippen MR) is 117 cm³/mol. The average molecular weight is 458 g/mol. The van der Waals surface area contributed by atoms with Gasteiger partial charge in [-0.2, -0.15) is 4.98 Å². The number of nitrogen functional groups attached to an aromatic ring is 1. The summed E-state index contributed by atoms with van der Waals surface area (Å²) in [5.41, 5.74) is 6.61. The summed E-state index contributed by atoms with van der Waals surface area (Å²) in [4.78, 5) is 55.3. The highest BCUT2D eigenvalue weighted by Crippen LogP contribution is 2.34. The fourth-order valence-corrected chi connectivity index (χ4v) is 3.50. The number of aromatic amines is 1. The SMILES string of the molecule is CCOC(=O)CC[C@H](NC(=O)c1ccc(C2COc3nc(N)[nH]c(=O)c32)cc1)C(=O)OCC. The lowest BCUT2D eigenvalue weighted by atomic mass is 9.94. The normalized spacial score (nSPS) is 15.2. The molecule has 2 heterocycles. The molecule has 1 aliphatic heterocycles. The summed E-state index contributed by atoms with van der Waals surface area (Å²) in [6.07, 6.45) is 0.0152. The van der Waals surface area contributed by atoms with Crippen LogP contribution in [0.3, 0.4) is 0 Å². The van der Waals surface area contributed by atoms with Crippen LogP contribution in [0.5, 0.6) is 5.88 Å². The lowest BCUT2D eigenvalue weighted by Gasteiger charge is -2.17. The second kappa shape index (κ2) is 10.6. The van der Waals surface area contributed by atoms with Crippen LogP contribution in [0.2, 0.25) is 0 Å². The number of rotatable bonds is 9. The van der Waals surface area contributed by atoms with E-state index in [2.05, 4.69) is 15.3 Å². The molecule has 2 atom stereocenters. The third-order valence-electron chi connectivity index (χ3n) is 5.07. The Balaban J connectivity index is 1.71. The molecule has 11 heteroatoms. The number of carbonyl (C=O) groups is 3. The third-order valence-corrected chi connectivity index (χ3v) is 5.07. The summed E-state index contributed by atoms with van der Waals surface area (Å²) in [5.74, 6) is -1.77. The number of nitrogens with two attached hydrogens (primary N) is 1. The smallest absolute Gasteiger partial charge is 0.328 e. The molecule has 1 unspecified atom stereocenters. The first-order valence-electron chi connectivity index (χ1n) is 10.6. The quantitative estimate of drug-likeness (QED) is 0.463. The number of aromatic nitrogens is 2. The molecule has 1 amide bonds. The van der Waals surface area contributed by atoms with E-state index < -0.39 is 23.9 Å². The van der Waals surface area contributed by atoms with Crippen LogP contribution in [-0.2, 0) is 19.1 Å². The molecular weight excluding hydrogens is 432 g/mol. The second-order valence-corrected chi connectivity index (χ2v) is 7.28. The Hall–Kier alpha value is -3.89. The molecule has 0 bridgehead atoms. The van der Waals surface area contributed by atoms with Crippen molar-refractivity contribution in [2.45, 2.75) is 38.6 Å². The van der Waals surface area contributed by atoms with Gasteiger partial charge in [-0.15, -0.1) is 0 Å². The average Bonchev–Trinajstić information content (AvgIpc) is 3.21. The number of benzene rings is 1. The van der Waals surface area contributed by atoms with Crippen molar-refractivity contribution in [2.75, 3.05) is 25.6 Å². The minimum atomic E-state index is -0.994. The van der Waals surface area contributed by atoms with E-state index in [-0.39, 0.29) is 56.0 Å². The minimum absolute atomic E-state index is 0.0227. The van der Waals surface area contributed by atoms with Gasteiger partial charge in [-0.25, -0.2) is 4.79 Å². The molecule has 0 saturated heterocycles. The van der Waals surface area contributed by atoms with Crippen LogP contribution >= 0.6 is 0 Å². The Bertz CT molecular complexity index is 1080. The lowest BCUT2D eigenvalue weighted by Crippen LogP contribution is -2.42. The Morgan fingerprint density at radius 3 is 2.58 bits per heavy atom. The van der Waals surface area contributed by atoms with E-state index in [9.17, 15) is 19.2 Å². The molecule has 3 rings (SSSR count). The van der Waals surface area contributed by atoms with Crippen molar-refractivity contribution in [1.82, 2.24) is 15.3 Å². The van der Waals surface area contributed by atoms with Crippen molar-refractivity contribution in [2.24, 2.45) is 0 Å². The molecule has 2 aromatic rings. The van der Waals surface area contributed by atoms with Crippen LogP contribution in [0.15, 0.2) is 29.1 Å². The molecule has 0 spiro atoms. The van der Waals surface area contributed by atoms with Gasteiger partial charge in [0.25, 0.3) is 11.5 Å². The van der Waals surface area contributed by atoms with Gasteiger partial charge in [0.15, 0.2) is 0 Å². The number of fused-ring (bicyclic) bond motifs is 1. The van der Waals surface area contributed by atoms with Gasteiger partial charge in [0.1, 0.15) is 12.6 Å². The fraction of sp³-hybridized carbons (Fsp3) is 0.409. The maximum Gasteiger partial charge on any atom is 0.328 e. The number of esters is 2. The monoisotopic (exact) mass is 458 g/mol. The first-order chi connectivity index (χ1) is 15.8. The summed E-state index contributed by atoms with van der Waals surface area (Å²) in [6.45, 7) is 3.93. The summed E-state index contributed by atoms with van der Waals surface area (Å²) >= 11 is 0. The van der Waals surface area contributed by atoms with Crippen molar-refractivity contribution in [3.05, 3.63) is 51.3 Å². The largest absolute Gasteiger partial charge is 0.476 e. The summed E-state index contributed by atoms with van der Waals surface area (Å²) in [5, 5.41) is 2.61. The number of nitrogens with zero attached hydrogens (tertiary/aromatic N) is 1. The molecule has 176 valence electrons. The molecule has 0 radical (unpaired) electrons. The Morgan fingerprint density at radius 2 is 1.91 bits per heavy atom. The summed E-state index contributed by atoms with van der Waals surface area (Å²) in [7, 11) is 0. The van der Waals surface area contributed by atoms with Gasteiger partial charge in [0, 0.05) is 12.0 Å². The first kappa shape index (κ1) is 23.8.